The summed E-state index contributed by atoms with van der Waals surface area (Å²) in [6, 6.07) is 8.24. The highest BCUT2D eigenvalue weighted by Gasteiger charge is 2.11. The SMILES string of the molecule is Cc1cc(Br)cc2[nH]c(-c3ccc(F)cc3Cl)nc12. The standard InChI is InChI=1S/C14H9BrClFN2/c1-7-4-8(15)5-12-13(7)19-14(18-12)10-3-2-9(17)6-11(10)16/h2-6H,1H3,(H,18,19). The molecule has 3 rings (SSSR count). The summed E-state index contributed by atoms with van der Waals surface area (Å²) < 4.78 is 14.0. The normalized spacial score (nSPS) is 11.2. The third-order valence-electron chi connectivity index (χ3n) is 2.93. The van der Waals surface area contributed by atoms with Crippen molar-refractivity contribution in [2.75, 3.05) is 0 Å². The van der Waals surface area contributed by atoms with E-state index >= 15 is 0 Å². The van der Waals surface area contributed by atoms with Gasteiger partial charge in [-0.3, -0.25) is 0 Å². The van der Waals surface area contributed by atoms with Crippen LogP contribution in [0.2, 0.25) is 5.02 Å². The van der Waals surface area contributed by atoms with Gasteiger partial charge in [0.2, 0.25) is 0 Å². The summed E-state index contributed by atoms with van der Waals surface area (Å²) in [5.41, 5.74) is 3.56. The Bertz CT molecular complexity index is 782. The first-order valence-corrected chi connectivity index (χ1v) is 6.83. The van der Waals surface area contributed by atoms with Crippen LogP contribution in [-0.2, 0) is 0 Å². The van der Waals surface area contributed by atoms with Crippen LogP contribution in [0.5, 0.6) is 0 Å². The Morgan fingerprint density at radius 1 is 1.26 bits per heavy atom. The minimum atomic E-state index is -0.358. The molecule has 0 fully saturated rings. The summed E-state index contributed by atoms with van der Waals surface area (Å²) in [4.78, 5) is 7.74. The molecule has 0 radical (unpaired) electrons. The lowest BCUT2D eigenvalue weighted by molar-refractivity contribution is 0.628. The Balaban J connectivity index is 2.23. The molecule has 2 nitrogen and oxygen atoms in total. The Labute approximate surface area is 122 Å². The average Bonchev–Trinajstić information content (AvgIpc) is 2.72. The van der Waals surface area contributed by atoms with Crippen molar-refractivity contribution < 1.29 is 4.39 Å². The van der Waals surface area contributed by atoms with Crippen molar-refractivity contribution in [1.29, 1.82) is 0 Å². The summed E-state index contributed by atoms with van der Waals surface area (Å²) in [5, 5.41) is 0.343. The van der Waals surface area contributed by atoms with E-state index in [2.05, 4.69) is 25.9 Å². The molecule has 5 heteroatoms. The van der Waals surface area contributed by atoms with E-state index in [1.165, 1.54) is 12.1 Å². The lowest BCUT2D eigenvalue weighted by Gasteiger charge is -1.99. The molecule has 0 aliphatic rings. The molecule has 0 saturated carbocycles. The van der Waals surface area contributed by atoms with Gasteiger partial charge < -0.3 is 4.98 Å². The molecule has 1 aromatic heterocycles. The number of imidazole rings is 1. The second-order valence-corrected chi connectivity index (χ2v) is 5.65. The topological polar surface area (TPSA) is 28.7 Å². The highest BCUT2D eigenvalue weighted by atomic mass is 79.9. The van der Waals surface area contributed by atoms with Crippen LogP contribution < -0.4 is 0 Å². The summed E-state index contributed by atoms with van der Waals surface area (Å²) >= 11 is 9.50. The molecule has 0 unspecified atom stereocenters. The Kier molecular flexibility index (Phi) is 3.07. The zero-order valence-electron chi connectivity index (χ0n) is 9.97. The fourth-order valence-corrected chi connectivity index (χ4v) is 2.88. The molecule has 0 saturated heterocycles. The number of aromatic nitrogens is 2. The number of hydrogen-bond acceptors (Lipinski definition) is 1. The second-order valence-electron chi connectivity index (χ2n) is 4.33. The summed E-state index contributed by atoms with van der Waals surface area (Å²) in [5.74, 6) is 0.282. The van der Waals surface area contributed by atoms with E-state index in [1.807, 2.05) is 19.1 Å². The predicted octanol–water partition coefficient (Wildman–Crippen LogP) is 5.09. The molecule has 1 heterocycles. The van der Waals surface area contributed by atoms with Crippen molar-refractivity contribution in [1.82, 2.24) is 9.97 Å². The highest BCUT2D eigenvalue weighted by Crippen LogP contribution is 2.30. The number of aryl methyl sites for hydroxylation is 1. The maximum Gasteiger partial charge on any atom is 0.140 e. The number of nitrogens with one attached hydrogen (secondary N) is 1. The molecule has 96 valence electrons. The van der Waals surface area contributed by atoms with Crippen LogP contribution in [0.25, 0.3) is 22.4 Å². The van der Waals surface area contributed by atoms with E-state index in [0.717, 1.165) is 21.1 Å². The number of benzene rings is 2. The number of aromatic amines is 1. The quantitative estimate of drug-likeness (QED) is 0.657. The number of hydrogen-bond donors (Lipinski definition) is 1. The van der Waals surface area contributed by atoms with Gasteiger partial charge in [0.15, 0.2) is 0 Å². The minimum Gasteiger partial charge on any atom is -0.338 e. The summed E-state index contributed by atoms with van der Waals surface area (Å²) in [6.07, 6.45) is 0. The highest BCUT2D eigenvalue weighted by molar-refractivity contribution is 9.10. The van der Waals surface area contributed by atoms with Gasteiger partial charge in [-0.15, -0.1) is 0 Å². The first kappa shape index (κ1) is 12.6. The van der Waals surface area contributed by atoms with Gasteiger partial charge in [-0.2, -0.15) is 0 Å². The Morgan fingerprint density at radius 2 is 2.05 bits per heavy atom. The first-order valence-electron chi connectivity index (χ1n) is 5.66. The lowest BCUT2D eigenvalue weighted by atomic mass is 10.2. The van der Waals surface area contributed by atoms with Crippen LogP contribution in [0.4, 0.5) is 4.39 Å². The van der Waals surface area contributed by atoms with Crippen LogP contribution in [-0.4, -0.2) is 9.97 Å². The molecule has 1 N–H and O–H groups in total. The molecule has 0 amide bonds. The number of nitrogens with zero attached hydrogens (tertiary/aromatic N) is 1. The van der Waals surface area contributed by atoms with Crippen LogP contribution in [0.15, 0.2) is 34.8 Å². The van der Waals surface area contributed by atoms with E-state index in [1.54, 1.807) is 6.07 Å². The van der Waals surface area contributed by atoms with Crippen molar-refractivity contribution in [3.05, 3.63) is 51.2 Å². The molecule has 19 heavy (non-hydrogen) atoms. The molecule has 2 aromatic carbocycles. The number of H-pyrrole nitrogens is 1. The molecule has 0 bridgehead atoms. The van der Waals surface area contributed by atoms with Gasteiger partial charge >= 0.3 is 0 Å². The summed E-state index contributed by atoms with van der Waals surface area (Å²) in [6.45, 7) is 1.99. The van der Waals surface area contributed by atoms with Gasteiger partial charge in [0.05, 0.1) is 16.1 Å². The lowest BCUT2D eigenvalue weighted by Crippen LogP contribution is -1.83. The zero-order valence-corrected chi connectivity index (χ0v) is 12.3. The van der Waals surface area contributed by atoms with Crippen LogP contribution in [0.1, 0.15) is 5.56 Å². The fraction of sp³-hybridized carbons (Fsp3) is 0.0714. The van der Waals surface area contributed by atoms with Gasteiger partial charge in [0, 0.05) is 10.0 Å². The van der Waals surface area contributed by atoms with E-state index < -0.39 is 0 Å². The van der Waals surface area contributed by atoms with Crippen LogP contribution >= 0.6 is 27.5 Å². The molecular weight excluding hydrogens is 331 g/mol. The van der Waals surface area contributed by atoms with Gasteiger partial charge in [0.25, 0.3) is 0 Å². The molecule has 0 spiro atoms. The molecule has 0 atom stereocenters. The number of halogens is 3. The maximum atomic E-state index is 13.1. The zero-order chi connectivity index (χ0) is 13.6. The minimum absolute atomic E-state index is 0.343. The van der Waals surface area contributed by atoms with Gasteiger partial charge in [0.1, 0.15) is 11.6 Å². The number of fused-ring (bicyclic) bond motifs is 1. The van der Waals surface area contributed by atoms with Crippen LogP contribution in [0, 0.1) is 12.7 Å². The Hall–Kier alpha value is -1.39. The van der Waals surface area contributed by atoms with E-state index in [4.69, 9.17) is 11.6 Å². The average molecular weight is 340 g/mol. The van der Waals surface area contributed by atoms with Crippen molar-refractivity contribution in [3.8, 4) is 11.4 Å². The fourth-order valence-electron chi connectivity index (χ4n) is 2.06. The monoisotopic (exact) mass is 338 g/mol. The third-order valence-corrected chi connectivity index (χ3v) is 3.70. The maximum absolute atomic E-state index is 13.1. The van der Waals surface area contributed by atoms with Crippen molar-refractivity contribution in [2.24, 2.45) is 0 Å². The molecule has 0 aliphatic heterocycles. The van der Waals surface area contributed by atoms with Gasteiger partial charge in [-0.25, -0.2) is 9.37 Å². The molecule has 3 aromatic rings. The van der Waals surface area contributed by atoms with Crippen LogP contribution in [0.3, 0.4) is 0 Å². The predicted molar refractivity (Wildman–Crippen MR) is 78.9 cm³/mol. The summed E-state index contributed by atoms with van der Waals surface area (Å²) in [7, 11) is 0. The van der Waals surface area contributed by atoms with E-state index in [0.29, 0.717) is 16.4 Å². The smallest absolute Gasteiger partial charge is 0.140 e. The van der Waals surface area contributed by atoms with E-state index in [9.17, 15) is 4.39 Å². The van der Waals surface area contributed by atoms with Crippen molar-refractivity contribution in [2.45, 2.75) is 6.92 Å². The van der Waals surface area contributed by atoms with Gasteiger partial charge in [-0.05, 0) is 42.8 Å². The van der Waals surface area contributed by atoms with Crippen molar-refractivity contribution >= 4 is 38.6 Å². The first-order chi connectivity index (χ1) is 9.04. The van der Waals surface area contributed by atoms with Crippen molar-refractivity contribution in [3.63, 3.8) is 0 Å². The molecule has 0 aliphatic carbocycles. The van der Waals surface area contributed by atoms with E-state index in [-0.39, 0.29) is 5.82 Å². The second kappa shape index (κ2) is 4.62. The third kappa shape index (κ3) is 2.26. The largest absolute Gasteiger partial charge is 0.338 e. The molecular formula is C14H9BrClFN2. The van der Waals surface area contributed by atoms with Gasteiger partial charge in [-0.1, -0.05) is 27.5 Å². The number of rotatable bonds is 1. The Morgan fingerprint density at radius 3 is 2.79 bits per heavy atom.